The molecule has 21 heavy (non-hydrogen) atoms. The minimum atomic E-state index is 0.182. The van der Waals surface area contributed by atoms with Gasteiger partial charge in [0.15, 0.2) is 0 Å². The Kier molecular flexibility index (Phi) is 4.40. The molecule has 0 aromatic heterocycles. The van der Waals surface area contributed by atoms with Crippen molar-refractivity contribution in [2.45, 2.75) is 62.3 Å². The Morgan fingerprint density at radius 3 is 1.76 bits per heavy atom. The van der Waals surface area contributed by atoms with Gasteiger partial charge in [-0.15, -0.1) is 0 Å². The number of hydrogen-bond acceptors (Lipinski definition) is 0. The average Bonchev–Trinajstić information content (AvgIpc) is 2.69. The molecule has 0 heterocycles. The maximum absolute atomic E-state index is 2.41. The van der Waals surface area contributed by atoms with Crippen molar-refractivity contribution in [3.63, 3.8) is 0 Å². The number of rotatable bonds is 2. The van der Waals surface area contributed by atoms with Crippen LogP contribution in [-0.2, 0) is 24.2 Å². The van der Waals surface area contributed by atoms with E-state index in [1.807, 2.05) is 0 Å². The predicted molar refractivity (Wildman–Crippen MR) is 90.1 cm³/mol. The molecule has 0 aliphatic heterocycles. The molecule has 0 fully saturated rings. The van der Waals surface area contributed by atoms with Crippen LogP contribution in [0.15, 0.2) is 44.6 Å². The Labute approximate surface area is 145 Å². The van der Waals surface area contributed by atoms with E-state index in [0.717, 1.165) is 0 Å². The topological polar surface area (TPSA) is 0 Å². The van der Waals surface area contributed by atoms with Crippen molar-refractivity contribution in [2.24, 2.45) is 11.3 Å². The summed E-state index contributed by atoms with van der Waals surface area (Å²) >= 11 is 1.55. The molecule has 110 valence electrons. The predicted octanol–water partition coefficient (Wildman–Crippen LogP) is 5.70. The van der Waals surface area contributed by atoms with Gasteiger partial charge in [0.2, 0.25) is 0 Å². The van der Waals surface area contributed by atoms with Gasteiger partial charge in [-0.25, -0.2) is 0 Å². The molecule has 2 rings (SSSR count). The molecule has 1 atom stereocenters. The van der Waals surface area contributed by atoms with Gasteiger partial charge < -0.3 is 0 Å². The van der Waals surface area contributed by atoms with Crippen molar-refractivity contribution in [3.05, 3.63) is 44.6 Å². The Morgan fingerprint density at radius 1 is 0.857 bits per heavy atom. The zero-order valence-corrected chi connectivity index (χ0v) is 17.5. The second-order valence-corrected chi connectivity index (χ2v) is 9.16. The average molecular weight is 360 g/mol. The quantitative estimate of drug-likeness (QED) is 0.593. The van der Waals surface area contributed by atoms with E-state index in [1.165, 1.54) is 22.3 Å². The molecule has 1 heteroatoms. The molecular formula is C20H28Zr+2. The molecule has 0 aromatic rings. The molecular weight excluding hydrogens is 331 g/mol. The van der Waals surface area contributed by atoms with E-state index in [-0.39, 0.29) is 5.41 Å². The third-order valence-corrected chi connectivity index (χ3v) is 6.77. The van der Waals surface area contributed by atoms with E-state index in [9.17, 15) is 0 Å². The van der Waals surface area contributed by atoms with Crippen LogP contribution in [0.25, 0.3) is 0 Å². The van der Waals surface area contributed by atoms with Crippen molar-refractivity contribution in [1.82, 2.24) is 0 Å². The third kappa shape index (κ3) is 2.31. The van der Waals surface area contributed by atoms with Gasteiger partial charge in [-0.1, -0.05) is 0 Å². The summed E-state index contributed by atoms with van der Waals surface area (Å²) in [6.07, 6.45) is 0. The van der Waals surface area contributed by atoms with Crippen LogP contribution in [0.5, 0.6) is 0 Å². The molecule has 1 unspecified atom stereocenters. The van der Waals surface area contributed by atoms with Gasteiger partial charge in [0.25, 0.3) is 0 Å². The fourth-order valence-electron chi connectivity index (χ4n) is 4.21. The van der Waals surface area contributed by atoms with Crippen LogP contribution in [-0.4, -0.2) is 3.21 Å². The Hall–Kier alpha value is -0.287. The normalized spacial score (nSPS) is 25.8. The zero-order valence-electron chi connectivity index (χ0n) is 15.1. The molecule has 0 saturated heterocycles. The van der Waals surface area contributed by atoms with E-state index >= 15 is 0 Å². The monoisotopic (exact) mass is 358 g/mol. The molecule has 0 spiro atoms. The van der Waals surface area contributed by atoms with Crippen molar-refractivity contribution in [2.75, 3.05) is 0 Å². The fraction of sp³-hybridized carbons (Fsp3) is 0.550. The van der Waals surface area contributed by atoms with Gasteiger partial charge in [0.1, 0.15) is 0 Å². The Morgan fingerprint density at radius 2 is 1.38 bits per heavy atom. The molecule has 0 N–H and O–H groups in total. The van der Waals surface area contributed by atoms with Gasteiger partial charge in [-0.2, -0.15) is 0 Å². The van der Waals surface area contributed by atoms with Gasteiger partial charge in [0, 0.05) is 0 Å². The number of allylic oxidation sites excluding steroid dienone is 8. The van der Waals surface area contributed by atoms with Crippen molar-refractivity contribution >= 4 is 3.21 Å². The molecule has 0 nitrogen and oxygen atoms in total. The van der Waals surface area contributed by atoms with Crippen LogP contribution in [0.4, 0.5) is 0 Å². The first-order valence-electron chi connectivity index (χ1n) is 7.87. The van der Waals surface area contributed by atoms with Crippen molar-refractivity contribution < 1.29 is 24.2 Å². The molecule has 0 aromatic carbocycles. The summed E-state index contributed by atoms with van der Waals surface area (Å²) in [5, 5.41) is 0. The Bertz CT molecular complexity index is 660. The van der Waals surface area contributed by atoms with Crippen molar-refractivity contribution in [1.29, 1.82) is 0 Å². The summed E-state index contributed by atoms with van der Waals surface area (Å²) in [6, 6.07) is 0. The fourth-order valence-corrected chi connectivity index (χ4v) is 5.02. The molecule has 2 aliphatic carbocycles. The van der Waals surface area contributed by atoms with Crippen LogP contribution in [0, 0.1) is 11.3 Å². The molecule has 0 saturated carbocycles. The van der Waals surface area contributed by atoms with E-state index in [0.29, 0.717) is 5.92 Å². The second kappa shape index (κ2) is 5.41. The summed E-state index contributed by atoms with van der Waals surface area (Å²) in [5.74, 6) is 0.506. The van der Waals surface area contributed by atoms with Crippen LogP contribution in [0.1, 0.15) is 62.3 Å². The van der Waals surface area contributed by atoms with Crippen LogP contribution < -0.4 is 0 Å². The molecule has 2 aliphatic rings. The van der Waals surface area contributed by atoms with E-state index in [2.05, 4.69) is 62.3 Å². The second-order valence-electron chi connectivity index (χ2n) is 7.32. The Balaban J connectivity index is 2.71. The van der Waals surface area contributed by atoms with Crippen LogP contribution >= 0.6 is 0 Å². The minimum absolute atomic E-state index is 0.182. The number of hydrogen-bond donors (Lipinski definition) is 0. The summed E-state index contributed by atoms with van der Waals surface area (Å²) in [5.41, 5.74) is 12.6. The maximum atomic E-state index is 2.41. The van der Waals surface area contributed by atoms with Crippen LogP contribution in [0.3, 0.4) is 0 Å². The standard InChI is InChI=1S/C20H28.Zr/c1-10-17-13(4)11(2)14(5)18(17)19-15(6)12(3)16(7)20(19,8)9;/h18H,1-9H3;/q;+2. The molecule has 0 radical (unpaired) electrons. The summed E-state index contributed by atoms with van der Waals surface area (Å²) in [4.78, 5) is 0. The summed E-state index contributed by atoms with van der Waals surface area (Å²) in [6.45, 7) is 21.0. The van der Waals surface area contributed by atoms with Crippen LogP contribution in [0.2, 0.25) is 0 Å². The SMILES string of the molecule is C[C](=[Zr+2])C1=C(C)C(C)=C(C)C1C1=C(C)C(C)=C(C)C1(C)C. The van der Waals surface area contributed by atoms with E-state index in [4.69, 9.17) is 0 Å². The van der Waals surface area contributed by atoms with Gasteiger partial charge in [-0.05, 0) is 0 Å². The van der Waals surface area contributed by atoms with E-state index < -0.39 is 0 Å². The zero-order chi connectivity index (χ0) is 16.3. The first kappa shape index (κ1) is 17.1. The van der Waals surface area contributed by atoms with Gasteiger partial charge in [0.05, 0.1) is 0 Å². The first-order valence-corrected chi connectivity index (χ1v) is 9.10. The van der Waals surface area contributed by atoms with E-state index in [1.54, 1.807) is 49.7 Å². The third-order valence-electron chi connectivity index (χ3n) is 6.11. The first-order chi connectivity index (χ1) is 9.53. The van der Waals surface area contributed by atoms with Gasteiger partial charge in [-0.3, -0.25) is 0 Å². The molecule has 0 bridgehead atoms. The van der Waals surface area contributed by atoms with Crippen molar-refractivity contribution in [3.8, 4) is 0 Å². The molecule has 0 amide bonds. The summed E-state index contributed by atoms with van der Waals surface area (Å²) in [7, 11) is 0. The summed E-state index contributed by atoms with van der Waals surface area (Å²) < 4.78 is 1.55. The van der Waals surface area contributed by atoms with Gasteiger partial charge >= 0.3 is 146 Å².